The molecule has 2 aromatic heterocycles. The van der Waals surface area contributed by atoms with Crippen LogP contribution in [0.2, 0.25) is 0 Å². The highest BCUT2D eigenvalue weighted by atomic mass is 19.1. The van der Waals surface area contributed by atoms with E-state index in [0.717, 1.165) is 31.6 Å². The average molecular weight is 527 g/mol. The van der Waals surface area contributed by atoms with Crippen LogP contribution in [0.5, 0.6) is 0 Å². The Bertz CT molecular complexity index is 1260. The Morgan fingerprint density at radius 2 is 1.97 bits per heavy atom. The quantitative estimate of drug-likeness (QED) is 0.417. The Kier molecular flexibility index (Phi) is 7.67. The summed E-state index contributed by atoms with van der Waals surface area (Å²) in [6, 6.07) is 6.82. The van der Waals surface area contributed by atoms with Gasteiger partial charge in [0.25, 0.3) is 0 Å². The first-order valence-electron chi connectivity index (χ1n) is 12.6. The van der Waals surface area contributed by atoms with Crippen LogP contribution in [-0.4, -0.2) is 87.8 Å². The lowest BCUT2D eigenvalue weighted by atomic mass is 10.1. The molecule has 2 fully saturated rings. The minimum absolute atomic E-state index is 0.0882. The smallest absolute Gasteiger partial charge is 0.409 e. The molecule has 0 saturated carbocycles. The number of likely N-dealkylation sites (tertiary alicyclic amines) is 1. The van der Waals surface area contributed by atoms with Crippen LogP contribution < -0.4 is 21.3 Å². The molecule has 2 aliphatic rings. The van der Waals surface area contributed by atoms with Crippen molar-refractivity contribution in [2.75, 3.05) is 67.3 Å². The zero-order chi connectivity index (χ0) is 26.5. The first kappa shape index (κ1) is 25.4. The molecule has 4 heterocycles. The van der Waals surface area contributed by atoms with Gasteiger partial charge in [-0.2, -0.15) is 9.67 Å². The van der Waals surface area contributed by atoms with Crippen LogP contribution in [-0.2, 0) is 9.47 Å². The van der Waals surface area contributed by atoms with E-state index in [1.54, 1.807) is 24.0 Å². The summed E-state index contributed by atoms with van der Waals surface area (Å²) < 4.78 is 26.6. The number of amides is 1. The van der Waals surface area contributed by atoms with Crippen molar-refractivity contribution >= 4 is 35.2 Å². The van der Waals surface area contributed by atoms with Gasteiger partial charge in [-0.3, -0.25) is 0 Å². The predicted octanol–water partition coefficient (Wildman–Crippen LogP) is 2.39. The van der Waals surface area contributed by atoms with Crippen molar-refractivity contribution in [3.05, 3.63) is 36.4 Å². The summed E-state index contributed by atoms with van der Waals surface area (Å²) in [5.41, 5.74) is 7.12. The minimum Gasteiger partial charge on any atom is -0.450 e. The SMILES string of the molecule is CCOC(=O)N1CCC(Nc2cc(-n3nc(Nc4ccc(N5CCOCC5)cc4F)nc3N)ncn2)CC1. The maximum atomic E-state index is 14.8. The van der Waals surface area contributed by atoms with E-state index in [0.29, 0.717) is 44.5 Å². The highest BCUT2D eigenvalue weighted by Gasteiger charge is 2.24. The second-order valence-corrected chi connectivity index (χ2v) is 8.96. The molecular weight excluding hydrogens is 495 g/mol. The number of nitrogen functional groups attached to an aromatic ring is 1. The molecule has 0 aliphatic carbocycles. The molecule has 0 bridgehead atoms. The number of nitrogens with two attached hydrogens (primary N) is 1. The van der Waals surface area contributed by atoms with Gasteiger partial charge in [0.05, 0.1) is 25.5 Å². The number of anilines is 5. The van der Waals surface area contributed by atoms with E-state index in [1.807, 2.05) is 6.07 Å². The van der Waals surface area contributed by atoms with Crippen LogP contribution >= 0.6 is 0 Å². The number of benzene rings is 1. The molecule has 0 atom stereocenters. The molecule has 1 amide bonds. The number of hydrogen-bond donors (Lipinski definition) is 3. The fourth-order valence-electron chi connectivity index (χ4n) is 4.46. The number of carbonyl (C=O) groups excluding carboxylic acids is 1. The molecule has 0 unspecified atom stereocenters. The monoisotopic (exact) mass is 526 g/mol. The second-order valence-electron chi connectivity index (χ2n) is 8.96. The molecule has 2 aliphatic heterocycles. The molecule has 5 rings (SSSR count). The summed E-state index contributed by atoms with van der Waals surface area (Å²) >= 11 is 0. The zero-order valence-corrected chi connectivity index (χ0v) is 21.1. The molecule has 13 nitrogen and oxygen atoms in total. The summed E-state index contributed by atoms with van der Waals surface area (Å²) in [6.45, 7) is 6.04. The van der Waals surface area contributed by atoms with Gasteiger partial charge in [0.15, 0.2) is 5.82 Å². The molecule has 3 aromatic rings. The van der Waals surface area contributed by atoms with E-state index >= 15 is 0 Å². The number of nitrogens with zero attached hydrogens (tertiary/aromatic N) is 7. The highest BCUT2D eigenvalue weighted by Crippen LogP contribution is 2.25. The Labute approximate surface area is 219 Å². The first-order chi connectivity index (χ1) is 18.5. The minimum atomic E-state index is -0.425. The fraction of sp³-hybridized carbons (Fsp3) is 0.458. The topological polar surface area (TPSA) is 149 Å². The van der Waals surface area contributed by atoms with Crippen LogP contribution in [0.3, 0.4) is 0 Å². The van der Waals surface area contributed by atoms with Gasteiger partial charge in [-0.25, -0.2) is 19.2 Å². The number of nitrogens with one attached hydrogen (secondary N) is 2. The number of halogens is 1. The predicted molar refractivity (Wildman–Crippen MR) is 139 cm³/mol. The maximum Gasteiger partial charge on any atom is 0.409 e. The lowest BCUT2D eigenvalue weighted by Gasteiger charge is -2.31. The van der Waals surface area contributed by atoms with Gasteiger partial charge in [-0.05, 0) is 38.0 Å². The van der Waals surface area contributed by atoms with Crippen LogP contribution in [0.15, 0.2) is 30.6 Å². The molecule has 202 valence electrons. The highest BCUT2D eigenvalue weighted by molar-refractivity contribution is 5.67. The van der Waals surface area contributed by atoms with Gasteiger partial charge in [0.2, 0.25) is 11.9 Å². The van der Waals surface area contributed by atoms with Crippen molar-refractivity contribution in [3.8, 4) is 5.82 Å². The molecule has 14 heteroatoms. The number of rotatable bonds is 7. The van der Waals surface area contributed by atoms with Crippen LogP contribution in [0.25, 0.3) is 5.82 Å². The van der Waals surface area contributed by atoms with Gasteiger partial charge in [0, 0.05) is 44.0 Å². The van der Waals surface area contributed by atoms with E-state index in [9.17, 15) is 9.18 Å². The van der Waals surface area contributed by atoms with Gasteiger partial charge in [-0.1, -0.05) is 0 Å². The normalized spacial score (nSPS) is 16.4. The number of morpholine rings is 1. The van der Waals surface area contributed by atoms with Crippen molar-refractivity contribution in [1.82, 2.24) is 29.6 Å². The standard InChI is InChI=1S/C24H31FN10O3/c1-2-38-24(36)34-7-5-16(6-8-34)29-20-14-21(28-15-27-20)35-22(26)31-23(32-35)30-19-4-3-17(13-18(19)25)33-9-11-37-12-10-33/h3-4,13-16H,2,5-12H2,1H3,(H,27,28,29)(H3,26,30,31,32). The van der Waals surface area contributed by atoms with E-state index < -0.39 is 5.82 Å². The van der Waals surface area contributed by atoms with Crippen molar-refractivity contribution in [3.63, 3.8) is 0 Å². The summed E-state index contributed by atoms with van der Waals surface area (Å²) in [7, 11) is 0. The summed E-state index contributed by atoms with van der Waals surface area (Å²) in [4.78, 5) is 28.5. The Morgan fingerprint density at radius 1 is 1.18 bits per heavy atom. The zero-order valence-electron chi connectivity index (χ0n) is 21.1. The van der Waals surface area contributed by atoms with Crippen LogP contribution in [0, 0.1) is 5.82 Å². The van der Waals surface area contributed by atoms with Crippen molar-refractivity contribution in [2.45, 2.75) is 25.8 Å². The van der Waals surface area contributed by atoms with Crippen molar-refractivity contribution < 1.29 is 18.7 Å². The largest absolute Gasteiger partial charge is 0.450 e. The lowest BCUT2D eigenvalue weighted by molar-refractivity contribution is 0.0983. The van der Waals surface area contributed by atoms with E-state index in [-0.39, 0.29) is 29.7 Å². The number of aromatic nitrogens is 5. The molecule has 1 aromatic carbocycles. The molecule has 2 saturated heterocycles. The van der Waals surface area contributed by atoms with E-state index in [1.165, 1.54) is 17.1 Å². The van der Waals surface area contributed by atoms with Crippen molar-refractivity contribution in [1.29, 1.82) is 0 Å². The third kappa shape index (κ3) is 5.85. The Hall–Kier alpha value is -4.20. The molecule has 0 radical (unpaired) electrons. The maximum absolute atomic E-state index is 14.8. The van der Waals surface area contributed by atoms with E-state index in [4.69, 9.17) is 15.2 Å². The lowest BCUT2D eigenvalue weighted by Crippen LogP contribution is -2.42. The third-order valence-electron chi connectivity index (χ3n) is 6.45. The van der Waals surface area contributed by atoms with Gasteiger partial charge in [0.1, 0.15) is 18.0 Å². The van der Waals surface area contributed by atoms with Gasteiger partial charge in [-0.15, -0.1) is 5.10 Å². The second kappa shape index (κ2) is 11.5. The van der Waals surface area contributed by atoms with Crippen LogP contribution in [0.1, 0.15) is 19.8 Å². The number of piperidine rings is 1. The van der Waals surface area contributed by atoms with Gasteiger partial charge >= 0.3 is 6.09 Å². The summed E-state index contributed by atoms with van der Waals surface area (Å²) in [5.74, 6) is 0.808. The van der Waals surface area contributed by atoms with Gasteiger partial charge < -0.3 is 35.6 Å². The number of carbonyl (C=O) groups is 1. The van der Waals surface area contributed by atoms with Crippen LogP contribution in [0.4, 0.5) is 38.3 Å². The Morgan fingerprint density at radius 3 is 2.71 bits per heavy atom. The average Bonchev–Trinajstić information content (AvgIpc) is 3.31. The molecule has 38 heavy (non-hydrogen) atoms. The Balaban J connectivity index is 1.23. The number of ether oxygens (including phenoxy) is 2. The summed E-state index contributed by atoms with van der Waals surface area (Å²) in [5, 5.41) is 10.6. The fourth-order valence-corrected chi connectivity index (χ4v) is 4.46. The first-order valence-corrected chi connectivity index (χ1v) is 12.6. The van der Waals surface area contributed by atoms with Crippen molar-refractivity contribution in [2.24, 2.45) is 0 Å². The molecular formula is C24H31FN10O3. The number of hydrogen-bond acceptors (Lipinski definition) is 11. The summed E-state index contributed by atoms with van der Waals surface area (Å²) in [6.07, 6.45) is 2.64. The molecule has 0 spiro atoms. The molecule has 4 N–H and O–H groups in total. The van der Waals surface area contributed by atoms with E-state index in [2.05, 4.69) is 35.6 Å². The third-order valence-corrected chi connectivity index (χ3v) is 6.45.